The Morgan fingerprint density at radius 3 is 2.67 bits per heavy atom. The summed E-state index contributed by atoms with van der Waals surface area (Å²) < 4.78 is 12.3. The van der Waals surface area contributed by atoms with Crippen molar-refractivity contribution in [3.63, 3.8) is 0 Å². The summed E-state index contributed by atoms with van der Waals surface area (Å²) in [5, 5.41) is 7.28. The lowest BCUT2D eigenvalue weighted by molar-refractivity contribution is 0.354. The minimum absolute atomic E-state index is 0. The number of hydrogen-bond donors (Lipinski definition) is 2. The molecular weight excluding hydrogens is 421 g/mol. The Labute approximate surface area is 159 Å². The van der Waals surface area contributed by atoms with Gasteiger partial charge in [0.1, 0.15) is 0 Å². The molecule has 1 heterocycles. The van der Waals surface area contributed by atoms with Crippen LogP contribution in [0.25, 0.3) is 0 Å². The average molecular weight is 445 g/mol. The lowest BCUT2D eigenvalue weighted by Gasteiger charge is -2.09. The smallest absolute Gasteiger partial charge is 0.188 e. The van der Waals surface area contributed by atoms with Gasteiger partial charge in [-0.25, -0.2) is 4.99 Å². The van der Waals surface area contributed by atoms with E-state index in [-0.39, 0.29) is 24.0 Å². The van der Waals surface area contributed by atoms with E-state index in [0.717, 1.165) is 17.7 Å². The van der Waals surface area contributed by atoms with Crippen LogP contribution in [0.15, 0.2) is 35.6 Å². The molecule has 0 spiro atoms. The molecule has 7 nitrogen and oxygen atoms in total. The molecule has 24 heavy (non-hydrogen) atoms. The predicted molar refractivity (Wildman–Crippen MR) is 105 cm³/mol. The van der Waals surface area contributed by atoms with Crippen LogP contribution >= 0.6 is 24.0 Å². The molecule has 0 aliphatic rings. The van der Waals surface area contributed by atoms with Crippen LogP contribution in [-0.4, -0.2) is 36.5 Å². The molecule has 0 saturated heterocycles. The number of aliphatic imine (C=N–C) groups is 1. The average Bonchev–Trinajstić information content (AvgIpc) is 2.98. The maximum Gasteiger partial charge on any atom is 0.188 e. The molecule has 0 atom stereocenters. The molecule has 0 radical (unpaired) electrons. The topological polar surface area (TPSA) is 86.7 Å². The minimum atomic E-state index is 0. The third-order valence-electron chi connectivity index (χ3n) is 3.29. The van der Waals surface area contributed by atoms with Crippen molar-refractivity contribution >= 4 is 29.9 Å². The highest BCUT2D eigenvalue weighted by atomic mass is 127. The summed E-state index contributed by atoms with van der Waals surface area (Å²) >= 11 is 0. The molecule has 0 aliphatic carbocycles. The summed E-state index contributed by atoms with van der Waals surface area (Å²) in [5.41, 5.74) is 8.01. The number of ether oxygens (including phenoxy) is 2. The van der Waals surface area contributed by atoms with Crippen LogP contribution in [0.4, 0.5) is 0 Å². The van der Waals surface area contributed by atoms with Crippen LogP contribution in [0, 0.1) is 6.92 Å². The van der Waals surface area contributed by atoms with E-state index >= 15 is 0 Å². The fraction of sp³-hybridized carbons (Fsp3) is 0.375. The number of benzene rings is 1. The van der Waals surface area contributed by atoms with E-state index in [2.05, 4.69) is 15.4 Å². The van der Waals surface area contributed by atoms with Crippen molar-refractivity contribution in [3.8, 4) is 11.5 Å². The number of nitrogens with one attached hydrogen (secondary N) is 1. The van der Waals surface area contributed by atoms with E-state index in [4.69, 9.17) is 15.2 Å². The summed E-state index contributed by atoms with van der Waals surface area (Å²) in [7, 11) is 3.22. The van der Waals surface area contributed by atoms with Gasteiger partial charge in [0.25, 0.3) is 0 Å². The van der Waals surface area contributed by atoms with Crippen LogP contribution in [-0.2, 0) is 13.1 Å². The molecule has 0 unspecified atom stereocenters. The Morgan fingerprint density at radius 1 is 1.29 bits per heavy atom. The zero-order valence-corrected chi connectivity index (χ0v) is 16.5. The summed E-state index contributed by atoms with van der Waals surface area (Å²) in [6.07, 6.45) is 3.81. The highest BCUT2D eigenvalue weighted by molar-refractivity contribution is 14.0. The van der Waals surface area contributed by atoms with Gasteiger partial charge < -0.3 is 20.5 Å². The van der Waals surface area contributed by atoms with Gasteiger partial charge in [-0.2, -0.15) is 5.10 Å². The number of halogens is 1. The zero-order valence-electron chi connectivity index (χ0n) is 14.2. The largest absolute Gasteiger partial charge is 0.493 e. The van der Waals surface area contributed by atoms with E-state index in [1.54, 1.807) is 14.2 Å². The Bertz CT molecular complexity index is 672. The van der Waals surface area contributed by atoms with Crippen LogP contribution in [0.3, 0.4) is 0 Å². The first-order valence-electron chi connectivity index (χ1n) is 7.36. The second kappa shape index (κ2) is 10.0. The number of guanidine groups is 1. The van der Waals surface area contributed by atoms with Gasteiger partial charge in [-0.15, -0.1) is 24.0 Å². The fourth-order valence-corrected chi connectivity index (χ4v) is 2.10. The van der Waals surface area contributed by atoms with E-state index in [9.17, 15) is 0 Å². The van der Waals surface area contributed by atoms with Crippen molar-refractivity contribution in [1.82, 2.24) is 15.1 Å². The second-order valence-electron chi connectivity index (χ2n) is 5.10. The molecule has 0 aliphatic heterocycles. The van der Waals surface area contributed by atoms with Crippen LogP contribution < -0.4 is 20.5 Å². The molecule has 0 amide bonds. The highest BCUT2D eigenvalue weighted by Crippen LogP contribution is 2.27. The standard InChI is InChI=1S/C16H23N5O2.HI/c1-12-9-20-21(11-12)7-6-18-16(17)19-10-13-4-5-14(22-2)15(8-13)23-3;/h4-5,8-9,11H,6-7,10H2,1-3H3,(H3,17,18,19);1H. The fourth-order valence-electron chi connectivity index (χ4n) is 2.10. The Morgan fingerprint density at radius 2 is 2.04 bits per heavy atom. The number of aryl methyl sites for hydroxylation is 1. The van der Waals surface area contributed by atoms with Crippen molar-refractivity contribution in [2.45, 2.75) is 20.0 Å². The van der Waals surface area contributed by atoms with Gasteiger partial charge in [-0.1, -0.05) is 6.07 Å². The summed E-state index contributed by atoms with van der Waals surface area (Å²) in [4.78, 5) is 4.32. The van der Waals surface area contributed by atoms with Crippen molar-refractivity contribution in [1.29, 1.82) is 0 Å². The number of nitrogens with two attached hydrogens (primary N) is 1. The lowest BCUT2D eigenvalue weighted by Crippen LogP contribution is -2.34. The number of rotatable bonds is 7. The van der Waals surface area contributed by atoms with Crippen molar-refractivity contribution in [2.75, 3.05) is 20.8 Å². The van der Waals surface area contributed by atoms with Gasteiger partial charge in [0.2, 0.25) is 0 Å². The number of nitrogens with zero attached hydrogens (tertiary/aromatic N) is 3. The van der Waals surface area contributed by atoms with Crippen molar-refractivity contribution in [2.24, 2.45) is 10.7 Å². The SMILES string of the molecule is COc1ccc(CN=C(N)NCCn2cc(C)cn2)cc1OC.I. The maximum absolute atomic E-state index is 5.87. The number of aromatic nitrogens is 2. The minimum Gasteiger partial charge on any atom is -0.493 e. The normalized spacial score (nSPS) is 10.9. The van der Waals surface area contributed by atoms with Gasteiger partial charge in [0.05, 0.1) is 33.5 Å². The summed E-state index contributed by atoms with van der Waals surface area (Å²) in [5.74, 6) is 1.78. The van der Waals surface area contributed by atoms with E-state index in [0.29, 0.717) is 30.5 Å². The molecule has 132 valence electrons. The maximum atomic E-state index is 5.87. The van der Waals surface area contributed by atoms with Gasteiger partial charge in [-0.05, 0) is 30.2 Å². The van der Waals surface area contributed by atoms with Gasteiger partial charge in [0.15, 0.2) is 17.5 Å². The summed E-state index contributed by atoms with van der Waals surface area (Å²) in [6, 6.07) is 5.68. The molecule has 0 fully saturated rings. The Hall–Kier alpha value is -1.97. The molecule has 2 rings (SSSR count). The first kappa shape index (κ1) is 20.1. The quantitative estimate of drug-likeness (QED) is 0.387. The van der Waals surface area contributed by atoms with Crippen molar-refractivity contribution < 1.29 is 9.47 Å². The molecule has 0 saturated carbocycles. The molecule has 2 aromatic rings. The Balaban J connectivity index is 0.00000288. The molecule has 8 heteroatoms. The van der Waals surface area contributed by atoms with Crippen molar-refractivity contribution in [3.05, 3.63) is 41.7 Å². The van der Waals surface area contributed by atoms with Gasteiger partial charge in [0, 0.05) is 12.7 Å². The second-order valence-corrected chi connectivity index (χ2v) is 5.10. The molecule has 1 aromatic heterocycles. The predicted octanol–water partition coefficient (Wildman–Crippen LogP) is 1.93. The van der Waals surface area contributed by atoms with E-state index in [1.165, 1.54) is 0 Å². The number of hydrogen-bond acceptors (Lipinski definition) is 4. The third-order valence-corrected chi connectivity index (χ3v) is 3.29. The first-order chi connectivity index (χ1) is 11.1. The van der Waals surface area contributed by atoms with Gasteiger partial charge in [-0.3, -0.25) is 4.68 Å². The summed E-state index contributed by atoms with van der Waals surface area (Å²) in [6.45, 7) is 3.89. The molecule has 0 bridgehead atoms. The van der Waals surface area contributed by atoms with E-state index in [1.807, 2.05) is 42.2 Å². The third kappa shape index (κ3) is 5.91. The van der Waals surface area contributed by atoms with Crippen LogP contribution in [0.1, 0.15) is 11.1 Å². The number of methoxy groups -OCH3 is 2. The highest BCUT2D eigenvalue weighted by Gasteiger charge is 2.04. The molecular formula is C16H24IN5O2. The van der Waals surface area contributed by atoms with E-state index < -0.39 is 0 Å². The molecule has 1 aromatic carbocycles. The van der Waals surface area contributed by atoms with Crippen LogP contribution in [0.5, 0.6) is 11.5 Å². The monoisotopic (exact) mass is 445 g/mol. The Kier molecular flexibility index (Phi) is 8.37. The molecule has 3 N–H and O–H groups in total. The lowest BCUT2D eigenvalue weighted by atomic mass is 10.2. The first-order valence-corrected chi connectivity index (χ1v) is 7.36. The zero-order chi connectivity index (χ0) is 16.7. The van der Waals surface area contributed by atoms with Gasteiger partial charge >= 0.3 is 0 Å². The van der Waals surface area contributed by atoms with Crippen LogP contribution in [0.2, 0.25) is 0 Å².